The van der Waals surface area contributed by atoms with Crippen molar-refractivity contribution in [1.29, 1.82) is 0 Å². The maximum Gasteiger partial charge on any atom is 0.310 e. The molecule has 0 N–H and O–H groups in total. The van der Waals surface area contributed by atoms with Crippen LogP contribution in [-0.4, -0.2) is 47.5 Å². The van der Waals surface area contributed by atoms with Gasteiger partial charge in [-0.05, 0) is 59.9 Å². The Kier molecular flexibility index (Phi) is 9.13. The van der Waals surface area contributed by atoms with Crippen LogP contribution in [0.25, 0.3) is 5.57 Å². The monoisotopic (exact) mass is 442 g/mol. The largest absolute Gasteiger partial charge is 0.496 e. The highest BCUT2D eigenvalue weighted by molar-refractivity contribution is 5.83. The van der Waals surface area contributed by atoms with E-state index in [1.807, 2.05) is 43.3 Å². The number of carbonyl (C=O) groups excluding carboxylic acids is 2. The van der Waals surface area contributed by atoms with E-state index in [0.717, 1.165) is 22.3 Å². The van der Waals surface area contributed by atoms with Gasteiger partial charge < -0.3 is 23.7 Å². The summed E-state index contributed by atoms with van der Waals surface area (Å²) >= 11 is 0. The Balaban J connectivity index is 2.62. The Morgan fingerprint density at radius 3 is 2.09 bits per heavy atom. The lowest BCUT2D eigenvalue weighted by molar-refractivity contribution is -0.141. The zero-order valence-electron chi connectivity index (χ0n) is 19.4. The van der Waals surface area contributed by atoms with E-state index >= 15 is 0 Å². The molecule has 2 rings (SSSR count). The van der Waals surface area contributed by atoms with Crippen molar-refractivity contribution in [3.63, 3.8) is 0 Å². The summed E-state index contributed by atoms with van der Waals surface area (Å²) < 4.78 is 26.0. The normalized spacial score (nSPS) is 11.0. The fourth-order valence-corrected chi connectivity index (χ4v) is 3.50. The minimum atomic E-state index is -0.359. The lowest BCUT2D eigenvalue weighted by Crippen LogP contribution is -2.07. The topological polar surface area (TPSA) is 80.3 Å². The number of esters is 2. The predicted octanol–water partition coefficient (Wildman–Crippen LogP) is 4.12. The van der Waals surface area contributed by atoms with E-state index in [0.29, 0.717) is 29.2 Å². The van der Waals surface area contributed by atoms with Crippen LogP contribution in [0, 0.1) is 6.92 Å². The zero-order chi connectivity index (χ0) is 23.7. The molecule has 0 aliphatic carbocycles. The Bertz CT molecular complexity index is 992. The lowest BCUT2D eigenvalue weighted by Gasteiger charge is -2.17. The van der Waals surface area contributed by atoms with Gasteiger partial charge in [-0.1, -0.05) is 12.1 Å². The van der Waals surface area contributed by atoms with Gasteiger partial charge in [-0.3, -0.25) is 9.59 Å². The van der Waals surface area contributed by atoms with E-state index in [2.05, 4.69) is 0 Å². The van der Waals surface area contributed by atoms with Crippen molar-refractivity contribution in [3.8, 4) is 17.2 Å². The summed E-state index contributed by atoms with van der Waals surface area (Å²) in [5.74, 6) is 1.19. The molecule has 0 fully saturated rings. The third-order valence-electron chi connectivity index (χ3n) is 5.05. The minimum absolute atomic E-state index is 0.0791. The molecular weight excluding hydrogens is 412 g/mol. The third-order valence-corrected chi connectivity index (χ3v) is 5.05. The highest BCUT2D eigenvalue weighted by Crippen LogP contribution is 2.36. The van der Waals surface area contributed by atoms with Gasteiger partial charge in [0.15, 0.2) is 11.5 Å². The molecule has 2 aromatic carbocycles. The van der Waals surface area contributed by atoms with Crippen LogP contribution in [0.5, 0.6) is 17.2 Å². The second kappa shape index (κ2) is 11.8. The molecule has 0 spiro atoms. The molecule has 7 nitrogen and oxygen atoms in total. The lowest BCUT2D eigenvalue weighted by atomic mass is 9.92. The first-order chi connectivity index (χ1) is 15.4. The van der Waals surface area contributed by atoms with E-state index in [4.69, 9.17) is 23.7 Å². The number of hydrogen-bond acceptors (Lipinski definition) is 7. The van der Waals surface area contributed by atoms with Crippen LogP contribution in [0.3, 0.4) is 0 Å². The van der Waals surface area contributed by atoms with E-state index in [9.17, 15) is 9.59 Å². The second-order valence-electron chi connectivity index (χ2n) is 7.04. The first-order valence-electron chi connectivity index (χ1n) is 10.1. The molecule has 0 aliphatic heterocycles. The van der Waals surface area contributed by atoms with Gasteiger partial charge in [-0.2, -0.15) is 0 Å². The molecule has 0 atom stereocenters. The first kappa shape index (κ1) is 24.8. The quantitative estimate of drug-likeness (QED) is 0.512. The van der Waals surface area contributed by atoms with E-state index in [1.165, 1.54) is 14.2 Å². The number of ether oxygens (including phenoxy) is 5. The Labute approximate surface area is 188 Å². The van der Waals surface area contributed by atoms with Crippen LogP contribution >= 0.6 is 0 Å². The van der Waals surface area contributed by atoms with Gasteiger partial charge in [0.25, 0.3) is 0 Å². The molecule has 0 saturated carbocycles. The van der Waals surface area contributed by atoms with Gasteiger partial charge in [-0.15, -0.1) is 0 Å². The van der Waals surface area contributed by atoms with Crippen LogP contribution in [-0.2, 0) is 25.5 Å². The summed E-state index contributed by atoms with van der Waals surface area (Å²) in [6.45, 7) is 1.92. The summed E-state index contributed by atoms with van der Waals surface area (Å²) in [6.07, 6.45) is 2.78. The highest BCUT2D eigenvalue weighted by atomic mass is 16.5. The Hall–Kier alpha value is -3.48. The summed E-state index contributed by atoms with van der Waals surface area (Å²) in [5, 5.41) is 0. The molecule has 0 aromatic heterocycles. The van der Waals surface area contributed by atoms with E-state index in [-0.39, 0.29) is 24.8 Å². The molecule has 7 heteroatoms. The van der Waals surface area contributed by atoms with Crippen molar-refractivity contribution in [1.82, 2.24) is 0 Å². The van der Waals surface area contributed by atoms with Crippen molar-refractivity contribution in [3.05, 3.63) is 58.7 Å². The number of allylic oxidation sites excluding steroid dienone is 1. The second-order valence-corrected chi connectivity index (χ2v) is 7.04. The van der Waals surface area contributed by atoms with Crippen LogP contribution in [0.2, 0.25) is 0 Å². The standard InChI is InChI=1S/C25H30O7/c1-16-12-18(13-19(25(16)32-6)15-24(27)31-5)20(8-7-9-23(26)30-4)17-10-11-21(28-2)22(14-17)29-3/h8,10-14H,7,9,15H2,1-6H3/b20-8-. The number of aryl methyl sites for hydroxylation is 1. The van der Waals surface area contributed by atoms with Crippen molar-refractivity contribution >= 4 is 17.5 Å². The van der Waals surface area contributed by atoms with Gasteiger partial charge in [0.05, 0.1) is 42.0 Å². The third kappa shape index (κ3) is 6.03. The zero-order valence-corrected chi connectivity index (χ0v) is 19.4. The number of hydrogen-bond donors (Lipinski definition) is 0. The molecule has 0 heterocycles. The van der Waals surface area contributed by atoms with Crippen molar-refractivity contribution in [2.24, 2.45) is 0 Å². The molecular formula is C25H30O7. The molecule has 0 saturated heterocycles. The Morgan fingerprint density at radius 2 is 1.50 bits per heavy atom. The number of carbonyl (C=O) groups is 2. The van der Waals surface area contributed by atoms with Crippen LogP contribution in [0.15, 0.2) is 36.4 Å². The van der Waals surface area contributed by atoms with Gasteiger partial charge >= 0.3 is 11.9 Å². The van der Waals surface area contributed by atoms with Crippen molar-refractivity contribution < 1.29 is 33.3 Å². The molecule has 2 aromatic rings. The fraction of sp³-hybridized carbons (Fsp3) is 0.360. The number of benzene rings is 2. The number of methoxy groups -OCH3 is 5. The van der Waals surface area contributed by atoms with Gasteiger partial charge in [-0.25, -0.2) is 0 Å². The summed E-state index contributed by atoms with van der Waals surface area (Å²) in [6, 6.07) is 9.52. The molecule has 0 radical (unpaired) electrons. The molecule has 0 aliphatic rings. The van der Waals surface area contributed by atoms with Crippen LogP contribution < -0.4 is 14.2 Å². The van der Waals surface area contributed by atoms with Crippen molar-refractivity contribution in [2.75, 3.05) is 35.5 Å². The van der Waals surface area contributed by atoms with Crippen molar-refractivity contribution in [2.45, 2.75) is 26.2 Å². The number of rotatable bonds is 10. The average Bonchev–Trinajstić information content (AvgIpc) is 2.80. The fourth-order valence-electron chi connectivity index (χ4n) is 3.50. The molecule has 0 bridgehead atoms. The van der Waals surface area contributed by atoms with Crippen LogP contribution in [0.4, 0.5) is 0 Å². The maximum atomic E-state index is 12.0. The van der Waals surface area contributed by atoms with Gasteiger partial charge in [0.1, 0.15) is 5.75 Å². The average molecular weight is 443 g/mol. The summed E-state index contributed by atoms with van der Waals surface area (Å²) in [7, 11) is 7.45. The smallest absolute Gasteiger partial charge is 0.310 e. The summed E-state index contributed by atoms with van der Waals surface area (Å²) in [4.78, 5) is 23.6. The minimum Gasteiger partial charge on any atom is -0.496 e. The van der Waals surface area contributed by atoms with Gasteiger partial charge in [0, 0.05) is 12.0 Å². The highest BCUT2D eigenvalue weighted by Gasteiger charge is 2.17. The van der Waals surface area contributed by atoms with E-state index < -0.39 is 0 Å². The van der Waals surface area contributed by atoms with E-state index in [1.54, 1.807) is 21.3 Å². The molecule has 32 heavy (non-hydrogen) atoms. The Morgan fingerprint density at radius 1 is 0.812 bits per heavy atom. The molecule has 0 unspecified atom stereocenters. The van der Waals surface area contributed by atoms with Gasteiger partial charge in [0.2, 0.25) is 0 Å². The summed E-state index contributed by atoms with van der Waals surface area (Å²) in [5.41, 5.74) is 4.23. The van der Waals surface area contributed by atoms with Crippen LogP contribution in [0.1, 0.15) is 35.1 Å². The predicted molar refractivity (Wildman–Crippen MR) is 121 cm³/mol. The maximum absolute atomic E-state index is 12.0. The SMILES string of the molecule is COC(=O)CC/C=C(\c1cc(C)c(OC)c(CC(=O)OC)c1)c1ccc(OC)c(OC)c1. The first-order valence-corrected chi connectivity index (χ1v) is 10.1. The molecule has 0 amide bonds. The molecule has 172 valence electrons.